The molecule has 2 aromatic carbocycles. The lowest BCUT2D eigenvalue weighted by molar-refractivity contribution is -0.120. The standard InChI is InChI=1S/C22H24BrN3O3/c1-12(2)15-9-14(23)5-6-18(15)25-22-17(11-24)16(10-21(28)26-22)13-4-7-19(27)20(8-13)29-3/h4-9,11-12,16,27H,10,24H2,1-3H3,(H,25,26,28)/b17-11-. The third kappa shape index (κ3) is 4.45. The third-order valence-electron chi connectivity index (χ3n) is 4.93. The molecule has 0 radical (unpaired) electrons. The molecule has 0 aliphatic carbocycles. The molecule has 1 atom stereocenters. The Balaban J connectivity index is 2.07. The van der Waals surface area contributed by atoms with Crippen molar-refractivity contribution in [2.24, 2.45) is 10.7 Å². The Kier molecular flexibility index (Phi) is 6.27. The second-order valence-electron chi connectivity index (χ2n) is 7.18. The highest BCUT2D eigenvalue weighted by molar-refractivity contribution is 9.10. The summed E-state index contributed by atoms with van der Waals surface area (Å²) < 4.78 is 6.19. The van der Waals surface area contributed by atoms with Crippen LogP contribution >= 0.6 is 15.9 Å². The Labute approximate surface area is 178 Å². The quantitative estimate of drug-likeness (QED) is 0.630. The van der Waals surface area contributed by atoms with E-state index in [4.69, 9.17) is 15.5 Å². The van der Waals surface area contributed by atoms with Crippen molar-refractivity contribution in [3.63, 3.8) is 0 Å². The number of hydrogen-bond acceptors (Lipinski definition) is 5. The van der Waals surface area contributed by atoms with Gasteiger partial charge in [-0.2, -0.15) is 0 Å². The smallest absolute Gasteiger partial charge is 0.226 e. The van der Waals surface area contributed by atoms with Gasteiger partial charge in [0.05, 0.1) is 12.8 Å². The number of ether oxygens (including phenoxy) is 1. The van der Waals surface area contributed by atoms with Crippen molar-refractivity contribution < 1.29 is 14.6 Å². The van der Waals surface area contributed by atoms with Crippen LogP contribution in [0.25, 0.3) is 0 Å². The van der Waals surface area contributed by atoms with E-state index in [1.54, 1.807) is 18.2 Å². The number of aliphatic imine (C=N–C) groups is 1. The molecule has 1 aliphatic heterocycles. The second kappa shape index (κ2) is 8.69. The zero-order valence-electron chi connectivity index (χ0n) is 16.6. The van der Waals surface area contributed by atoms with Crippen molar-refractivity contribution in [1.82, 2.24) is 5.32 Å². The minimum absolute atomic E-state index is 0.0418. The summed E-state index contributed by atoms with van der Waals surface area (Å²) in [4.78, 5) is 17.2. The maximum Gasteiger partial charge on any atom is 0.226 e. The molecule has 6 nitrogen and oxygen atoms in total. The van der Waals surface area contributed by atoms with Crippen LogP contribution in [-0.2, 0) is 4.79 Å². The van der Waals surface area contributed by atoms with Crippen molar-refractivity contribution >= 4 is 33.4 Å². The van der Waals surface area contributed by atoms with Gasteiger partial charge in [0.15, 0.2) is 11.5 Å². The summed E-state index contributed by atoms with van der Waals surface area (Å²) in [6.45, 7) is 4.19. The number of carbonyl (C=O) groups is 1. The lowest BCUT2D eigenvalue weighted by Crippen LogP contribution is -2.40. The number of hydrogen-bond donors (Lipinski definition) is 3. The van der Waals surface area contributed by atoms with Crippen molar-refractivity contribution in [2.75, 3.05) is 7.11 Å². The van der Waals surface area contributed by atoms with Gasteiger partial charge in [0.2, 0.25) is 5.91 Å². The fourth-order valence-corrected chi connectivity index (χ4v) is 3.80. The van der Waals surface area contributed by atoms with Gasteiger partial charge in [-0.3, -0.25) is 4.79 Å². The number of amides is 1. The molecule has 1 saturated heterocycles. The molecule has 4 N–H and O–H groups in total. The number of aromatic hydroxyl groups is 1. The van der Waals surface area contributed by atoms with E-state index in [0.29, 0.717) is 11.6 Å². The molecule has 1 amide bonds. The normalized spacial score (nSPS) is 19.6. The molecule has 1 aliphatic rings. The molecule has 152 valence electrons. The van der Waals surface area contributed by atoms with Crippen LogP contribution in [0.3, 0.4) is 0 Å². The lowest BCUT2D eigenvalue weighted by atomic mass is 9.85. The number of carbonyl (C=O) groups excluding carboxylic acids is 1. The van der Waals surface area contributed by atoms with Crippen LogP contribution in [0.2, 0.25) is 0 Å². The largest absolute Gasteiger partial charge is 0.504 e. The Morgan fingerprint density at radius 3 is 2.72 bits per heavy atom. The van der Waals surface area contributed by atoms with Crippen molar-refractivity contribution in [3.05, 3.63) is 63.8 Å². The highest BCUT2D eigenvalue weighted by atomic mass is 79.9. The van der Waals surface area contributed by atoms with E-state index in [1.165, 1.54) is 13.3 Å². The summed E-state index contributed by atoms with van der Waals surface area (Å²) in [5, 5.41) is 12.7. The van der Waals surface area contributed by atoms with E-state index >= 15 is 0 Å². The van der Waals surface area contributed by atoms with E-state index in [0.717, 1.165) is 26.9 Å². The van der Waals surface area contributed by atoms with Crippen LogP contribution in [-0.4, -0.2) is 24.0 Å². The zero-order valence-corrected chi connectivity index (χ0v) is 18.2. The summed E-state index contributed by atoms with van der Waals surface area (Å²) in [6, 6.07) is 10.9. The number of nitrogens with two attached hydrogens (primary N) is 1. The Morgan fingerprint density at radius 2 is 2.07 bits per heavy atom. The average Bonchev–Trinajstić information content (AvgIpc) is 2.69. The van der Waals surface area contributed by atoms with Gasteiger partial charge >= 0.3 is 0 Å². The lowest BCUT2D eigenvalue weighted by Gasteiger charge is -2.27. The molecule has 2 aromatic rings. The predicted octanol–water partition coefficient (Wildman–Crippen LogP) is 4.46. The topological polar surface area (TPSA) is 96.9 Å². The van der Waals surface area contributed by atoms with Crippen molar-refractivity contribution in [3.8, 4) is 11.5 Å². The molecule has 29 heavy (non-hydrogen) atoms. The van der Waals surface area contributed by atoms with E-state index < -0.39 is 0 Å². The fourth-order valence-electron chi connectivity index (χ4n) is 3.42. The Bertz CT molecular complexity index is 999. The summed E-state index contributed by atoms with van der Waals surface area (Å²) >= 11 is 3.50. The van der Waals surface area contributed by atoms with E-state index in [9.17, 15) is 9.90 Å². The minimum atomic E-state index is -0.292. The minimum Gasteiger partial charge on any atom is -0.504 e. The number of nitrogens with one attached hydrogen (secondary N) is 1. The zero-order chi connectivity index (χ0) is 21.1. The first-order valence-electron chi connectivity index (χ1n) is 9.31. The first-order valence-corrected chi connectivity index (χ1v) is 10.1. The number of nitrogens with zero attached hydrogens (tertiary/aromatic N) is 1. The molecule has 3 rings (SSSR count). The van der Waals surface area contributed by atoms with Crippen LogP contribution < -0.4 is 15.8 Å². The van der Waals surface area contributed by atoms with Crippen LogP contribution in [0.4, 0.5) is 5.69 Å². The summed E-state index contributed by atoms with van der Waals surface area (Å²) in [7, 11) is 1.49. The molecule has 1 fully saturated rings. The number of halogens is 1. The summed E-state index contributed by atoms with van der Waals surface area (Å²) in [5.74, 6) is 0.645. The Hall–Kier alpha value is -2.80. The molecule has 0 saturated carbocycles. The Morgan fingerprint density at radius 1 is 1.31 bits per heavy atom. The number of methoxy groups -OCH3 is 1. The average molecular weight is 458 g/mol. The molecule has 1 heterocycles. The van der Waals surface area contributed by atoms with Gasteiger partial charge in [0.25, 0.3) is 0 Å². The van der Waals surface area contributed by atoms with Crippen molar-refractivity contribution in [1.29, 1.82) is 0 Å². The van der Waals surface area contributed by atoms with E-state index in [-0.39, 0.29) is 29.9 Å². The van der Waals surface area contributed by atoms with Crippen LogP contribution in [0.5, 0.6) is 11.5 Å². The molecule has 1 unspecified atom stereocenters. The van der Waals surface area contributed by atoms with Crippen LogP contribution in [0.1, 0.15) is 43.2 Å². The number of benzene rings is 2. The van der Waals surface area contributed by atoms with Gasteiger partial charge in [-0.05, 0) is 47.4 Å². The van der Waals surface area contributed by atoms with Crippen LogP contribution in [0.15, 0.2) is 57.6 Å². The highest BCUT2D eigenvalue weighted by Crippen LogP contribution is 2.37. The molecular formula is C22H24BrN3O3. The number of phenolic OH excluding ortho intramolecular Hbond substituents is 1. The third-order valence-corrected chi connectivity index (χ3v) is 5.42. The first kappa shape index (κ1) is 20.9. The maximum absolute atomic E-state index is 12.5. The van der Waals surface area contributed by atoms with Gasteiger partial charge in [-0.1, -0.05) is 35.8 Å². The van der Waals surface area contributed by atoms with E-state index in [1.807, 2.05) is 18.2 Å². The number of amidine groups is 1. The van der Waals surface area contributed by atoms with Gasteiger partial charge in [-0.15, -0.1) is 0 Å². The van der Waals surface area contributed by atoms with Gasteiger partial charge < -0.3 is 20.9 Å². The molecule has 0 bridgehead atoms. The first-order chi connectivity index (χ1) is 13.8. The molecule has 7 heteroatoms. The second-order valence-corrected chi connectivity index (χ2v) is 8.09. The molecular weight excluding hydrogens is 434 g/mol. The van der Waals surface area contributed by atoms with Gasteiger partial charge in [-0.25, -0.2) is 4.99 Å². The molecule has 0 aromatic heterocycles. The van der Waals surface area contributed by atoms with Gasteiger partial charge in [0.1, 0.15) is 5.84 Å². The predicted molar refractivity (Wildman–Crippen MR) is 118 cm³/mol. The maximum atomic E-state index is 12.5. The summed E-state index contributed by atoms with van der Waals surface area (Å²) in [5.41, 5.74) is 9.34. The number of piperidine rings is 1. The van der Waals surface area contributed by atoms with Crippen LogP contribution in [0, 0.1) is 0 Å². The SMILES string of the molecule is COc1cc(C2CC(=O)NC(=Nc3ccc(Br)cc3C(C)C)/C2=C\N)ccc1O. The number of phenols is 1. The number of rotatable bonds is 4. The van der Waals surface area contributed by atoms with Crippen molar-refractivity contribution in [2.45, 2.75) is 32.1 Å². The molecule has 0 spiro atoms. The monoisotopic (exact) mass is 457 g/mol. The van der Waals surface area contributed by atoms with E-state index in [2.05, 4.69) is 35.1 Å². The van der Waals surface area contributed by atoms with Gasteiger partial charge in [0, 0.05) is 28.6 Å². The highest BCUT2D eigenvalue weighted by Gasteiger charge is 2.31. The summed E-state index contributed by atoms with van der Waals surface area (Å²) in [6.07, 6.45) is 1.71. The fraction of sp³-hybridized carbons (Fsp3) is 0.273.